The van der Waals surface area contributed by atoms with Crippen molar-refractivity contribution in [2.45, 2.75) is 33.9 Å². The highest BCUT2D eigenvalue weighted by Gasteiger charge is 2.40. The maximum Gasteiger partial charge on any atom is 0.454 e. The highest BCUT2D eigenvalue weighted by Crippen LogP contribution is 2.25. The molecule has 0 amide bonds. The van der Waals surface area contributed by atoms with Crippen molar-refractivity contribution < 1.29 is 28.5 Å². The second-order valence-electron chi connectivity index (χ2n) is 6.09. The molecule has 0 atom stereocenters. The minimum Gasteiger partial charge on any atom is -0.324 e. The average molecular weight is 314 g/mol. The monoisotopic (exact) mass is 314 g/mol. The van der Waals surface area contributed by atoms with Gasteiger partial charge in [0.15, 0.2) is 5.78 Å². The molecule has 22 heavy (non-hydrogen) atoms. The smallest absolute Gasteiger partial charge is 0.324 e. The summed E-state index contributed by atoms with van der Waals surface area (Å²) in [4.78, 5) is 23.3. The van der Waals surface area contributed by atoms with Crippen LogP contribution in [0.3, 0.4) is 0 Å². The Labute approximate surface area is 127 Å². The molecule has 1 aromatic carbocycles. The van der Waals surface area contributed by atoms with Crippen molar-refractivity contribution >= 4 is 17.3 Å². The Morgan fingerprint density at radius 3 is 1.73 bits per heavy atom. The number of carbonyl (C=O) groups is 2. The van der Waals surface area contributed by atoms with Gasteiger partial charge in [-0.1, -0.05) is 32.9 Å². The quantitative estimate of drug-likeness (QED) is 0.688. The normalized spacial score (nSPS) is 13.6. The molecule has 1 rings (SSSR count). The third-order valence-corrected chi connectivity index (χ3v) is 3.23. The van der Waals surface area contributed by atoms with Gasteiger partial charge in [-0.3, -0.25) is 9.59 Å². The Bertz CT molecular complexity index is 620. The summed E-state index contributed by atoms with van der Waals surface area (Å²) in [7, 11) is 0. The van der Waals surface area contributed by atoms with E-state index < -0.39 is 22.9 Å². The van der Waals surface area contributed by atoms with E-state index in [9.17, 15) is 22.8 Å². The maximum absolute atomic E-state index is 12.4. The molecule has 0 saturated carbocycles. The maximum atomic E-state index is 12.4. The molecule has 0 fully saturated rings. The van der Waals surface area contributed by atoms with Crippen molar-refractivity contribution in [3.05, 3.63) is 41.0 Å². The van der Waals surface area contributed by atoms with Gasteiger partial charge in [0, 0.05) is 16.5 Å². The fourth-order valence-corrected chi connectivity index (χ4v) is 1.82. The van der Waals surface area contributed by atoms with Gasteiger partial charge in [-0.05, 0) is 19.1 Å². The zero-order valence-electron chi connectivity index (χ0n) is 13.0. The van der Waals surface area contributed by atoms with Crippen LogP contribution in [-0.4, -0.2) is 17.7 Å². The van der Waals surface area contributed by atoms with E-state index >= 15 is 0 Å². The molecule has 3 nitrogen and oxygen atoms in total. The first-order valence-electron chi connectivity index (χ1n) is 6.65. The summed E-state index contributed by atoms with van der Waals surface area (Å²) in [6, 6.07) is 6.04. The van der Waals surface area contributed by atoms with Gasteiger partial charge >= 0.3 is 6.18 Å². The second-order valence-corrected chi connectivity index (χ2v) is 6.09. The number of Topliss-reactive ketones (excluding diaryl/α,β-unsaturated/α-hetero) is 2. The minimum atomic E-state index is -4.92. The van der Waals surface area contributed by atoms with E-state index in [1.54, 1.807) is 20.8 Å². The lowest BCUT2D eigenvalue weighted by Crippen LogP contribution is -2.48. The van der Waals surface area contributed by atoms with Crippen LogP contribution in [-0.2, 0) is 4.79 Å². The molecule has 0 bridgehead atoms. The van der Waals surface area contributed by atoms with Gasteiger partial charge in [0.1, 0.15) is 5.70 Å². The number of allylic oxidation sites excluding steroid dienone is 1. The first kappa shape index (κ1) is 18.1. The second kappa shape index (κ2) is 6.04. The van der Waals surface area contributed by atoms with Gasteiger partial charge in [-0.2, -0.15) is 13.2 Å². The Kier molecular flexibility index (Phi) is 4.97. The van der Waals surface area contributed by atoms with Gasteiger partial charge in [0.2, 0.25) is 0 Å². The molecule has 6 heteroatoms. The Morgan fingerprint density at radius 1 is 0.955 bits per heavy atom. The molecular formula is C16H19F3NO2+. The highest BCUT2D eigenvalue weighted by atomic mass is 19.4. The molecule has 0 unspecified atom stereocenters. The predicted octanol–water partition coefficient (Wildman–Crippen LogP) is 3.02. The number of ketones is 2. The molecule has 120 valence electrons. The number of hydrogen-bond acceptors (Lipinski definition) is 2. The van der Waals surface area contributed by atoms with E-state index in [0.717, 1.165) is 6.92 Å². The van der Waals surface area contributed by atoms with Crippen LogP contribution in [0.2, 0.25) is 0 Å². The lowest BCUT2D eigenvalue weighted by Gasteiger charge is -2.16. The molecule has 1 aromatic rings. The molecule has 0 radical (unpaired) electrons. The van der Waals surface area contributed by atoms with Crippen LogP contribution in [0.4, 0.5) is 13.2 Å². The first-order valence-corrected chi connectivity index (χ1v) is 6.65. The SMILES string of the molecule is CC(C(=O)C(F)(F)F)=C([NH3+])c1ccc(C(=O)C(C)(C)C)cc1. The van der Waals surface area contributed by atoms with Crippen LogP contribution < -0.4 is 5.73 Å². The summed E-state index contributed by atoms with van der Waals surface area (Å²) >= 11 is 0. The van der Waals surface area contributed by atoms with Crippen LogP contribution in [0.5, 0.6) is 0 Å². The summed E-state index contributed by atoms with van der Waals surface area (Å²) in [6.45, 7) is 6.43. The standard InChI is InChI=1S/C16H18F3NO2/c1-9(13(21)16(17,18)19)12(20)10-5-7-11(8-6-10)14(22)15(2,3)4/h5-8H,20H2,1-4H3/p+1. The summed E-state index contributed by atoms with van der Waals surface area (Å²) in [5.41, 5.74) is 3.37. The van der Waals surface area contributed by atoms with E-state index in [2.05, 4.69) is 5.73 Å². The molecule has 0 heterocycles. The van der Waals surface area contributed by atoms with Crippen molar-refractivity contribution in [1.82, 2.24) is 0 Å². The predicted molar refractivity (Wildman–Crippen MR) is 76.8 cm³/mol. The Morgan fingerprint density at radius 2 is 1.36 bits per heavy atom. The van der Waals surface area contributed by atoms with E-state index in [-0.39, 0.29) is 11.5 Å². The number of quaternary nitrogens is 1. The Hall–Kier alpha value is -1.95. The lowest BCUT2D eigenvalue weighted by molar-refractivity contribution is -0.245. The summed E-state index contributed by atoms with van der Waals surface area (Å²) < 4.78 is 37.3. The third-order valence-electron chi connectivity index (χ3n) is 3.23. The highest BCUT2D eigenvalue weighted by molar-refractivity contribution is 6.04. The molecule has 0 aliphatic carbocycles. The van der Waals surface area contributed by atoms with Crippen LogP contribution in [0, 0.1) is 5.41 Å². The number of rotatable bonds is 3. The Balaban J connectivity index is 3.15. The van der Waals surface area contributed by atoms with Gasteiger partial charge in [-0.25, -0.2) is 0 Å². The van der Waals surface area contributed by atoms with Gasteiger partial charge in [0.25, 0.3) is 5.78 Å². The largest absolute Gasteiger partial charge is 0.454 e. The molecular weight excluding hydrogens is 295 g/mol. The molecule has 0 aliphatic heterocycles. The van der Waals surface area contributed by atoms with Crippen LogP contribution >= 0.6 is 0 Å². The van der Waals surface area contributed by atoms with Crippen molar-refractivity contribution in [2.24, 2.45) is 5.41 Å². The van der Waals surface area contributed by atoms with E-state index in [1.165, 1.54) is 24.3 Å². The summed E-state index contributed by atoms with van der Waals surface area (Å²) in [6.07, 6.45) is -4.92. The van der Waals surface area contributed by atoms with Crippen LogP contribution in [0.25, 0.3) is 5.70 Å². The number of carbonyl (C=O) groups excluding carboxylic acids is 2. The van der Waals surface area contributed by atoms with E-state index in [4.69, 9.17) is 0 Å². The van der Waals surface area contributed by atoms with E-state index in [0.29, 0.717) is 11.1 Å². The zero-order chi connectivity index (χ0) is 17.3. The molecule has 3 N–H and O–H groups in total. The average Bonchev–Trinajstić information content (AvgIpc) is 2.42. The van der Waals surface area contributed by atoms with Crippen molar-refractivity contribution in [3.8, 4) is 0 Å². The molecule has 0 aromatic heterocycles. The van der Waals surface area contributed by atoms with E-state index in [1.807, 2.05) is 0 Å². The topological polar surface area (TPSA) is 61.8 Å². The van der Waals surface area contributed by atoms with Crippen LogP contribution in [0.1, 0.15) is 43.6 Å². The number of benzene rings is 1. The first-order chi connectivity index (χ1) is 9.85. The van der Waals surface area contributed by atoms with Crippen molar-refractivity contribution in [2.75, 3.05) is 0 Å². The molecule has 0 saturated heterocycles. The fraction of sp³-hybridized carbons (Fsp3) is 0.375. The summed E-state index contributed by atoms with van der Waals surface area (Å²) in [5.74, 6) is -1.98. The van der Waals surface area contributed by atoms with Crippen molar-refractivity contribution in [3.63, 3.8) is 0 Å². The number of alkyl halides is 3. The number of hydrogen-bond donors (Lipinski definition) is 1. The van der Waals surface area contributed by atoms with Gasteiger partial charge in [-0.15, -0.1) is 0 Å². The number of halogens is 3. The zero-order valence-corrected chi connectivity index (χ0v) is 13.0. The molecule has 0 aliphatic rings. The van der Waals surface area contributed by atoms with Crippen LogP contribution in [0.15, 0.2) is 29.8 Å². The lowest BCUT2D eigenvalue weighted by atomic mass is 9.86. The van der Waals surface area contributed by atoms with Crippen molar-refractivity contribution in [1.29, 1.82) is 0 Å². The van der Waals surface area contributed by atoms with Gasteiger partial charge in [0.05, 0.1) is 5.57 Å². The third kappa shape index (κ3) is 4.04. The fourth-order valence-electron chi connectivity index (χ4n) is 1.82. The minimum absolute atomic E-state index is 0.00270. The van der Waals surface area contributed by atoms with Gasteiger partial charge < -0.3 is 5.73 Å². The summed E-state index contributed by atoms with van der Waals surface area (Å²) in [5, 5.41) is 0. The molecule has 0 spiro atoms.